The molecule has 2 aromatic carbocycles. The SMILES string of the molecule is COc1cc2c(cc1CN(CCN)CCc1ccccc1)OCO2.Cl. The quantitative estimate of drug-likeness (QED) is 0.780. The van der Waals surface area contributed by atoms with Crippen LogP contribution < -0.4 is 19.9 Å². The number of ether oxygens (including phenoxy) is 3. The van der Waals surface area contributed by atoms with Gasteiger partial charge in [0.2, 0.25) is 6.79 Å². The van der Waals surface area contributed by atoms with E-state index in [1.165, 1.54) is 5.56 Å². The van der Waals surface area contributed by atoms with E-state index in [0.717, 1.165) is 48.9 Å². The molecule has 1 aliphatic heterocycles. The maximum Gasteiger partial charge on any atom is 0.231 e. The number of rotatable bonds is 8. The van der Waals surface area contributed by atoms with Crippen molar-refractivity contribution < 1.29 is 14.2 Å². The van der Waals surface area contributed by atoms with Gasteiger partial charge in [0.25, 0.3) is 0 Å². The van der Waals surface area contributed by atoms with Crippen molar-refractivity contribution in [2.75, 3.05) is 33.5 Å². The molecule has 1 heterocycles. The summed E-state index contributed by atoms with van der Waals surface area (Å²) >= 11 is 0. The van der Waals surface area contributed by atoms with Gasteiger partial charge in [-0.05, 0) is 18.1 Å². The second kappa shape index (κ2) is 9.51. The summed E-state index contributed by atoms with van der Waals surface area (Å²) in [6.07, 6.45) is 0.994. The van der Waals surface area contributed by atoms with E-state index in [1.54, 1.807) is 7.11 Å². The summed E-state index contributed by atoms with van der Waals surface area (Å²) in [5.74, 6) is 2.34. The first-order valence-corrected chi connectivity index (χ1v) is 8.23. The lowest BCUT2D eigenvalue weighted by Gasteiger charge is -2.23. The van der Waals surface area contributed by atoms with Crippen molar-refractivity contribution in [2.45, 2.75) is 13.0 Å². The van der Waals surface area contributed by atoms with Gasteiger partial charge >= 0.3 is 0 Å². The first kappa shape index (κ1) is 19.4. The van der Waals surface area contributed by atoms with E-state index in [4.69, 9.17) is 19.9 Å². The van der Waals surface area contributed by atoms with E-state index in [0.29, 0.717) is 6.54 Å². The molecule has 0 aliphatic carbocycles. The Balaban J connectivity index is 0.00000225. The number of nitrogens with zero attached hydrogens (tertiary/aromatic N) is 1. The van der Waals surface area contributed by atoms with Crippen molar-refractivity contribution >= 4 is 12.4 Å². The predicted octanol–water partition coefficient (Wildman–Crippen LogP) is 2.85. The molecule has 0 saturated carbocycles. The minimum atomic E-state index is 0. The van der Waals surface area contributed by atoms with Crippen LogP contribution in [0.25, 0.3) is 0 Å². The molecular formula is C19H25ClN2O3. The molecule has 0 spiro atoms. The molecule has 0 radical (unpaired) electrons. The third kappa shape index (κ3) is 5.01. The lowest BCUT2D eigenvalue weighted by Crippen LogP contribution is -2.31. The van der Waals surface area contributed by atoms with Crippen LogP contribution in [0.1, 0.15) is 11.1 Å². The molecule has 5 nitrogen and oxygen atoms in total. The van der Waals surface area contributed by atoms with Gasteiger partial charge in [-0.1, -0.05) is 30.3 Å². The van der Waals surface area contributed by atoms with Gasteiger partial charge in [0.05, 0.1) is 7.11 Å². The van der Waals surface area contributed by atoms with E-state index in [9.17, 15) is 0 Å². The van der Waals surface area contributed by atoms with Gasteiger partial charge in [-0.3, -0.25) is 4.90 Å². The van der Waals surface area contributed by atoms with Crippen molar-refractivity contribution in [2.24, 2.45) is 5.73 Å². The van der Waals surface area contributed by atoms with Crippen LogP contribution in [0, 0.1) is 0 Å². The van der Waals surface area contributed by atoms with Crippen LogP contribution in [0.4, 0.5) is 0 Å². The Morgan fingerprint density at radius 2 is 1.80 bits per heavy atom. The molecule has 1 aliphatic rings. The molecule has 0 amide bonds. The van der Waals surface area contributed by atoms with Crippen molar-refractivity contribution in [1.29, 1.82) is 0 Å². The highest BCUT2D eigenvalue weighted by Gasteiger charge is 2.19. The Labute approximate surface area is 155 Å². The largest absolute Gasteiger partial charge is 0.496 e. The normalized spacial score (nSPS) is 12.1. The van der Waals surface area contributed by atoms with Crippen LogP contribution in [-0.4, -0.2) is 38.4 Å². The molecule has 2 N–H and O–H groups in total. The highest BCUT2D eigenvalue weighted by Crippen LogP contribution is 2.38. The fraction of sp³-hybridized carbons (Fsp3) is 0.368. The fourth-order valence-electron chi connectivity index (χ4n) is 2.90. The maximum atomic E-state index is 5.80. The molecule has 25 heavy (non-hydrogen) atoms. The molecule has 0 unspecified atom stereocenters. The summed E-state index contributed by atoms with van der Waals surface area (Å²) in [7, 11) is 1.68. The standard InChI is InChI=1S/C19H24N2O3.ClH/c1-22-17-12-19-18(23-14-24-19)11-16(17)13-21(10-8-20)9-7-15-5-3-2-4-6-15;/h2-6,11-12H,7-10,13-14,20H2,1H3;1H. The fourth-order valence-corrected chi connectivity index (χ4v) is 2.90. The Hall–Kier alpha value is -1.95. The highest BCUT2D eigenvalue weighted by molar-refractivity contribution is 5.85. The van der Waals surface area contributed by atoms with Crippen LogP contribution in [-0.2, 0) is 13.0 Å². The minimum absolute atomic E-state index is 0. The summed E-state index contributed by atoms with van der Waals surface area (Å²) in [4.78, 5) is 2.34. The van der Waals surface area contributed by atoms with Crippen molar-refractivity contribution in [3.63, 3.8) is 0 Å². The molecule has 136 valence electrons. The first-order valence-electron chi connectivity index (χ1n) is 8.23. The second-order valence-electron chi connectivity index (χ2n) is 5.82. The van der Waals surface area contributed by atoms with Gasteiger partial charge in [0, 0.05) is 37.8 Å². The number of hydrogen-bond acceptors (Lipinski definition) is 5. The zero-order chi connectivity index (χ0) is 16.8. The molecular weight excluding hydrogens is 340 g/mol. The Morgan fingerprint density at radius 1 is 1.08 bits per heavy atom. The molecule has 0 bridgehead atoms. The van der Waals surface area contributed by atoms with Crippen LogP contribution in [0.15, 0.2) is 42.5 Å². The number of fused-ring (bicyclic) bond motifs is 1. The van der Waals surface area contributed by atoms with Crippen molar-refractivity contribution in [3.05, 3.63) is 53.6 Å². The van der Waals surface area contributed by atoms with Crippen LogP contribution >= 0.6 is 12.4 Å². The molecule has 6 heteroatoms. The third-order valence-corrected chi connectivity index (χ3v) is 4.17. The Morgan fingerprint density at radius 3 is 2.48 bits per heavy atom. The van der Waals surface area contributed by atoms with Gasteiger partial charge in [-0.25, -0.2) is 0 Å². The third-order valence-electron chi connectivity index (χ3n) is 4.17. The summed E-state index contributed by atoms with van der Waals surface area (Å²) < 4.78 is 16.4. The Bertz CT molecular complexity index is 667. The van der Waals surface area contributed by atoms with E-state index >= 15 is 0 Å². The van der Waals surface area contributed by atoms with Crippen LogP contribution in [0.2, 0.25) is 0 Å². The van der Waals surface area contributed by atoms with Gasteiger partial charge in [-0.2, -0.15) is 0 Å². The van der Waals surface area contributed by atoms with Crippen molar-refractivity contribution in [3.8, 4) is 17.2 Å². The van der Waals surface area contributed by atoms with Gasteiger partial charge in [-0.15, -0.1) is 12.4 Å². The lowest BCUT2D eigenvalue weighted by molar-refractivity contribution is 0.173. The van der Waals surface area contributed by atoms with Crippen molar-refractivity contribution in [1.82, 2.24) is 4.90 Å². The average molecular weight is 365 g/mol. The minimum Gasteiger partial charge on any atom is -0.496 e. The molecule has 0 fully saturated rings. The zero-order valence-corrected chi connectivity index (χ0v) is 15.3. The summed E-state index contributed by atoms with van der Waals surface area (Å²) in [5.41, 5.74) is 8.21. The summed E-state index contributed by atoms with van der Waals surface area (Å²) in [6, 6.07) is 14.4. The number of hydrogen-bond donors (Lipinski definition) is 1. The summed E-state index contributed by atoms with van der Waals surface area (Å²) in [5, 5.41) is 0. The van der Waals surface area contributed by atoms with Crippen LogP contribution in [0.3, 0.4) is 0 Å². The van der Waals surface area contributed by atoms with Gasteiger partial charge in [0.15, 0.2) is 11.5 Å². The monoisotopic (exact) mass is 364 g/mol. The van der Waals surface area contributed by atoms with Crippen LogP contribution in [0.5, 0.6) is 17.2 Å². The van der Waals surface area contributed by atoms with E-state index in [1.807, 2.05) is 18.2 Å². The molecule has 3 rings (SSSR count). The predicted molar refractivity (Wildman–Crippen MR) is 101 cm³/mol. The first-order chi connectivity index (χ1) is 11.8. The topological polar surface area (TPSA) is 57.0 Å². The molecule has 0 saturated heterocycles. The number of benzene rings is 2. The van der Waals surface area contributed by atoms with E-state index in [-0.39, 0.29) is 19.2 Å². The smallest absolute Gasteiger partial charge is 0.231 e. The summed E-state index contributed by atoms with van der Waals surface area (Å²) in [6.45, 7) is 3.44. The molecule has 0 atom stereocenters. The number of methoxy groups -OCH3 is 1. The molecule has 0 aromatic heterocycles. The maximum absolute atomic E-state index is 5.80. The Kier molecular flexibility index (Phi) is 7.37. The van der Waals surface area contributed by atoms with Gasteiger partial charge in [0.1, 0.15) is 5.75 Å². The molecule has 2 aromatic rings. The second-order valence-corrected chi connectivity index (χ2v) is 5.82. The van der Waals surface area contributed by atoms with E-state index in [2.05, 4.69) is 29.2 Å². The number of halogens is 1. The van der Waals surface area contributed by atoms with E-state index < -0.39 is 0 Å². The lowest BCUT2D eigenvalue weighted by atomic mass is 10.1. The highest BCUT2D eigenvalue weighted by atomic mass is 35.5. The zero-order valence-electron chi connectivity index (χ0n) is 14.4. The average Bonchev–Trinajstić information content (AvgIpc) is 3.07. The van der Waals surface area contributed by atoms with Gasteiger partial charge < -0.3 is 19.9 Å². The number of nitrogens with two attached hydrogens (primary N) is 1.